The normalized spacial score (nSPS) is 12.1. The van der Waals surface area contributed by atoms with Crippen LogP contribution in [0.25, 0.3) is 0 Å². The predicted octanol–water partition coefficient (Wildman–Crippen LogP) is 0.185. The first-order valence-electron chi connectivity index (χ1n) is 4.89. The second kappa shape index (κ2) is 6.02. The summed E-state index contributed by atoms with van der Waals surface area (Å²) in [7, 11) is 0. The highest BCUT2D eigenvalue weighted by Gasteiger charge is 2.11. The van der Waals surface area contributed by atoms with E-state index < -0.39 is 0 Å². The molecule has 1 unspecified atom stereocenters. The molecule has 0 radical (unpaired) electrons. The number of anilines is 1. The smallest absolute Gasteiger partial charge is 0.249 e. The molecule has 0 bridgehead atoms. The zero-order chi connectivity index (χ0) is 11.1. The lowest BCUT2D eigenvalue weighted by atomic mass is 10.0. The van der Waals surface area contributed by atoms with E-state index in [2.05, 4.69) is 20.5 Å². The molecule has 0 saturated carbocycles. The summed E-state index contributed by atoms with van der Waals surface area (Å²) >= 11 is 0. The Hall–Kier alpha value is -1.56. The van der Waals surface area contributed by atoms with E-state index in [-0.39, 0.29) is 17.8 Å². The van der Waals surface area contributed by atoms with Gasteiger partial charge in [-0.2, -0.15) is 5.10 Å². The van der Waals surface area contributed by atoms with Crippen molar-refractivity contribution >= 4 is 11.9 Å². The van der Waals surface area contributed by atoms with Gasteiger partial charge in [0.25, 0.3) is 0 Å². The number of rotatable bonds is 5. The molecule has 3 N–H and O–H groups in total. The van der Waals surface area contributed by atoms with E-state index in [0.29, 0.717) is 13.0 Å². The number of amides is 1. The minimum absolute atomic E-state index is 0.125. The molecule has 1 rings (SSSR count). The summed E-state index contributed by atoms with van der Waals surface area (Å²) in [6.07, 6.45) is 4.20. The average Bonchev–Trinajstić information content (AvgIpc) is 2.27. The van der Waals surface area contributed by atoms with Crippen LogP contribution in [0.3, 0.4) is 0 Å². The number of carbonyl (C=O) groups excluding carboxylic acids is 1. The number of nitrogens with one attached hydrogen (secondary N) is 1. The monoisotopic (exact) mass is 209 g/mol. The summed E-state index contributed by atoms with van der Waals surface area (Å²) in [5.74, 6) is 0.316. The van der Waals surface area contributed by atoms with Gasteiger partial charge in [-0.15, -0.1) is 5.10 Å². The predicted molar refractivity (Wildman–Crippen MR) is 55.9 cm³/mol. The summed E-state index contributed by atoms with van der Waals surface area (Å²) in [5.41, 5.74) is 5.50. The minimum atomic E-state index is -0.125. The van der Waals surface area contributed by atoms with Crippen LogP contribution in [-0.4, -0.2) is 27.6 Å². The van der Waals surface area contributed by atoms with Crippen molar-refractivity contribution in [1.82, 2.24) is 15.2 Å². The van der Waals surface area contributed by atoms with Crippen LogP contribution in [0.1, 0.15) is 19.8 Å². The fourth-order valence-corrected chi connectivity index (χ4v) is 1.14. The molecule has 0 aliphatic rings. The Morgan fingerprint density at radius 1 is 1.60 bits per heavy atom. The van der Waals surface area contributed by atoms with E-state index in [0.717, 1.165) is 6.42 Å². The van der Waals surface area contributed by atoms with Crippen molar-refractivity contribution < 1.29 is 4.79 Å². The Bertz CT molecular complexity index is 299. The maximum atomic E-state index is 11.5. The van der Waals surface area contributed by atoms with Gasteiger partial charge in [-0.3, -0.25) is 10.1 Å². The number of aromatic nitrogens is 3. The Morgan fingerprint density at radius 3 is 2.93 bits per heavy atom. The van der Waals surface area contributed by atoms with Gasteiger partial charge < -0.3 is 5.73 Å². The third-order valence-corrected chi connectivity index (χ3v) is 2.12. The number of nitrogens with two attached hydrogens (primary N) is 1. The van der Waals surface area contributed by atoms with Gasteiger partial charge in [-0.1, -0.05) is 13.3 Å². The van der Waals surface area contributed by atoms with Crippen LogP contribution in [0.5, 0.6) is 0 Å². The van der Waals surface area contributed by atoms with Gasteiger partial charge in [0.1, 0.15) is 0 Å². The highest BCUT2D eigenvalue weighted by molar-refractivity contribution is 5.88. The van der Waals surface area contributed by atoms with Crippen LogP contribution >= 0.6 is 0 Å². The Morgan fingerprint density at radius 2 is 2.40 bits per heavy atom. The zero-order valence-corrected chi connectivity index (χ0v) is 8.68. The minimum Gasteiger partial charge on any atom is -0.330 e. The van der Waals surface area contributed by atoms with Crippen molar-refractivity contribution in [2.24, 2.45) is 11.7 Å². The molecule has 1 heterocycles. The summed E-state index contributed by atoms with van der Waals surface area (Å²) in [4.78, 5) is 15.3. The molecule has 0 saturated heterocycles. The second-order valence-electron chi connectivity index (χ2n) is 3.23. The molecule has 1 atom stereocenters. The van der Waals surface area contributed by atoms with E-state index in [1.807, 2.05) is 6.92 Å². The molecule has 0 aliphatic carbocycles. The summed E-state index contributed by atoms with van der Waals surface area (Å²) < 4.78 is 0. The molecule has 15 heavy (non-hydrogen) atoms. The number of nitrogens with zero attached hydrogens (tertiary/aromatic N) is 3. The maximum Gasteiger partial charge on any atom is 0.249 e. The Labute approximate surface area is 88.3 Å². The van der Waals surface area contributed by atoms with E-state index >= 15 is 0 Å². The standard InChI is InChI=1S/C9H15N5O/c1-2-7(6-10)5-8(15)13-9-11-3-4-12-14-9/h3-4,7H,2,5-6,10H2,1H3,(H,11,13,14,15). The molecular formula is C9H15N5O. The second-order valence-corrected chi connectivity index (χ2v) is 3.23. The number of hydrogen-bond acceptors (Lipinski definition) is 5. The molecule has 0 aliphatic heterocycles. The van der Waals surface area contributed by atoms with E-state index in [1.165, 1.54) is 12.4 Å². The van der Waals surface area contributed by atoms with Crippen molar-refractivity contribution in [3.63, 3.8) is 0 Å². The van der Waals surface area contributed by atoms with Crippen molar-refractivity contribution in [3.8, 4) is 0 Å². The van der Waals surface area contributed by atoms with Crippen LogP contribution < -0.4 is 11.1 Å². The molecule has 1 amide bonds. The van der Waals surface area contributed by atoms with Crippen molar-refractivity contribution in [1.29, 1.82) is 0 Å². The number of carbonyl (C=O) groups is 1. The Balaban J connectivity index is 2.43. The molecule has 0 spiro atoms. The third-order valence-electron chi connectivity index (χ3n) is 2.12. The molecule has 6 heteroatoms. The lowest BCUT2D eigenvalue weighted by Gasteiger charge is -2.10. The molecule has 6 nitrogen and oxygen atoms in total. The lowest BCUT2D eigenvalue weighted by Crippen LogP contribution is -2.22. The average molecular weight is 209 g/mol. The van der Waals surface area contributed by atoms with Gasteiger partial charge in [0, 0.05) is 6.42 Å². The van der Waals surface area contributed by atoms with E-state index in [1.54, 1.807) is 0 Å². The summed E-state index contributed by atoms with van der Waals surface area (Å²) in [6, 6.07) is 0. The third kappa shape index (κ3) is 3.99. The van der Waals surface area contributed by atoms with Crippen LogP contribution in [0, 0.1) is 5.92 Å². The van der Waals surface area contributed by atoms with Gasteiger partial charge in [0.05, 0.1) is 12.4 Å². The van der Waals surface area contributed by atoms with Crippen molar-refractivity contribution in [3.05, 3.63) is 12.4 Å². The molecule has 0 fully saturated rings. The molecule has 0 aromatic carbocycles. The highest BCUT2D eigenvalue weighted by atomic mass is 16.1. The van der Waals surface area contributed by atoms with Crippen LogP contribution in [0.15, 0.2) is 12.4 Å². The first-order valence-corrected chi connectivity index (χ1v) is 4.89. The molecule has 1 aromatic rings. The fourth-order valence-electron chi connectivity index (χ4n) is 1.14. The van der Waals surface area contributed by atoms with Gasteiger partial charge in [-0.05, 0) is 12.5 Å². The van der Waals surface area contributed by atoms with Crippen molar-refractivity contribution in [2.75, 3.05) is 11.9 Å². The van der Waals surface area contributed by atoms with Gasteiger partial charge in [0.15, 0.2) is 0 Å². The van der Waals surface area contributed by atoms with Gasteiger partial charge >= 0.3 is 0 Å². The van der Waals surface area contributed by atoms with Crippen LogP contribution in [0.2, 0.25) is 0 Å². The number of hydrogen-bond donors (Lipinski definition) is 2. The van der Waals surface area contributed by atoms with E-state index in [9.17, 15) is 4.79 Å². The van der Waals surface area contributed by atoms with Crippen LogP contribution in [0.4, 0.5) is 5.95 Å². The topological polar surface area (TPSA) is 93.8 Å². The maximum absolute atomic E-state index is 11.5. The highest BCUT2D eigenvalue weighted by Crippen LogP contribution is 2.07. The zero-order valence-electron chi connectivity index (χ0n) is 8.68. The quantitative estimate of drug-likeness (QED) is 0.721. The first kappa shape index (κ1) is 11.5. The molecule has 82 valence electrons. The summed E-state index contributed by atoms with van der Waals surface area (Å²) in [6.45, 7) is 2.52. The van der Waals surface area contributed by atoms with Gasteiger partial charge in [0.2, 0.25) is 11.9 Å². The molecular weight excluding hydrogens is 194 g/mol. The van der Waals surface area contributed by atoms with Crippen molar-refractivity contribution in [2.45, 2.75) is 19.8 Å². The van der Waals surface area contributed by atoms with E-state index in [4.69, 9.17) is 5.73 Å². The van der Waals surface area contributed by atoms with Crippen LogP contribution in [-0.2, 0) is 4.79 Å². The van der Waals surface area contributed by atoms with Gasteiger partial charge in [-0.25, -0.2) is 4.98 Å². The first-order chi connectivity index (χ1) is 7.26. The summed E-state index contributed by atoms with van der Waals surface area (Å²) in [5, 5.41) is 9.82. The fraction of sp³-hybridized carbons (Fsp3) is 0.556. The SMILES string of the molecule is CCC(CN)CC(=O)Nc1nccnn1. The largest absolute Gasteiger partial charge is 0.330 e. The Kier molecular flexibility index (Phi) is 4.62. The molecule has 1 aromatic heterocycles. The lowest BCUT2D eigenvalue weighted by molar-refractivity contribution is -0.117.